The van der Waals surface area contributed by atoms with Gasteiger partial charge in [0.1, 0.15) is 6.33 Å². The van der Waals surface area contributed by atoms with Crippen molar-refractivity contribution in [3.8, 4) is 0 Å². The highest BCUT2D eigenvalue weighted by molar-refractivity contribution is 5.01. The van der Waals surface area contributed by atoms with Crippen molar-refractivity contribution in [2.45, 2.75) is 45.2 Å². The highest BCUT2D eigenvalue weighted by Crippen LogP contribution is 2.27. The summed E-state index contributed by atoms with van der Waals surface area (Å²) in [4.78, 5) is 8.02. The van der Waals surface area contributed by atoms with Crippen molar-refractivity contribution >= 4 is 0 Å². The zero-order valence-electron chi connectivity index (χ0n) is 9.32. The molecule has 1 saturated carbocycles. The number of nitrogens with one attached hydrogen (secondary N) is 1. The standard InChI is InChI=1S/C12H19N3/c1-10(12-4-2-3-5-12)15-8-11-6-13-9-14-7-11/h6-7,9-10,12,15H,2-5,8H2,1H3. The third kappa shape index (κ3) is 2.99. The van der Waals surface area contributed by atoms with Crippen molar-refractivity contribution in [2.75, 3.05) is 0 Å². The Labute approximate surface area is 91.3 Å². The molecule has 0 radical (unpaired) electrons. The van der Waals surface area contributed by atoms with Crippen molar-refractivity contribution in [3.63, 3.8) is 0 Å². The van der Waals surface area contributed by atoms with E-state index in [-0.39, 0.29) is 0 Å². The van der Waals surface area contributed by atoms with E-state index >= 15 is 0 Å². The zero-order valence-corrected chi connectivity index (χ0v) is 9.32. The van der Waals surface area contributed by atoms with Crippen LogP contribution in [0.25, 0.3) is 0 Å². The van der Waals surface area contributed by atoms with Gasteiger partial charge in [-0.1, -0.05) is 12.8 Å². The molecule has 3 nitrogen and oxygen atoms in total. The van der Waals surface area contributed by atoms with Gasteiger partial charge in [0.25, 0.3) is 0 Å². The fourth-order valence-corrected chi connectivity index (χ4v) is 2.32. The molecule has 2 rings (SSSR count). The minimum absolute atomic E-state index is 0.618. The predicted molar refractivity (Wildman–Crippen MR) is 60.3 cm³/mol. The molecule has 1 unspecified atom stereocenters. The summed E-state index contributed by atoms with van der Waals surface area (Å²) in [5.74, 6) is 0.870. The number of rotatable bonds is 4. The summed E-state index contributed by atoms with van der Waals surface area (Å²) < 4.78 is 0. The maximum atomic E-state index is 4.01. The van der Waals surface area contributed by atoms with Gasteiger partial charge in [-0.05, 0) is 25.7 Å². The van der Waals surface area contributed by atoms with Gasteiger partial charge in [-0.25, -0.2) is 9.97 Å². The summed E-state index contributed by atoms with van der Waals surface area (Å²) in [6.07, 6.45) is 10.9. The van der Waals surface area contributed by atoms with Crippen LogP contribution < -0.4 is 5.32 Å². The van der Waals surface area contributed by atoms with Gasteiger partial charge in [-0.3, -0.25) is 0 Å². The Morgan fingerprint density at radius 3 is 2.67 bits per heavy atom. The second-order valence-corrected chi connectivity index (χ2v) is 4.46. The molecule has 0 aliphatic heterocycles. The predicted octanol–water partition coefficient (Wildman–Crippen LogP) is 2.14. The maximum absolute atomic E-state index is 4.01. The third-order valence-corrected chi connectivity index (χ3v) is 3.35. The molecule has 0 bridgehead atoms. The first kappa shape index (κ1) is 10.6. The van der Waals surface area contributed by atoms with Gasteiger partial charge in [-0.2, -0.15) is 0 Å². The average molecular weight is 205 g/mol. The summed E-state index contributed by atoms with van der Waals surface area (Å²) in [5.41, 5.74) is 1.17. The van der Waals surface area contributed by atoms with Crippen LogP contribution in [0.1, 0.15) is 38.2 Å². The van der Waals surface area contributed by atoms with Crippen molar-refractivity contribution in [3.05, 3.63) is 24.3 Å². The molecule has 0 amide bonds. The molecule has 1 heterocycles. The molecule has 1 aliphatic rings. The first-order valence-electron chi connectivity index (χ1n) is 5.83. The summed E-state index contributed by atoms with van der Waals surface area (Å²) in [6.45, 7) is 3.18. The van der Waals surface area contributed by atoms with Crippen LogP contribution in [0.3, 0.4) is 0 Å². The Morgan fingerprint density at radius 1 is 1.33 bits per heavy atom. The monoisotopic (exact) mass is 205 g/mol. The van der Waals surface area contributed by atoms with E-state index in [0.717, 1.165) is 12.5 Å². The second kappa shape index (κ2) is 5.21. The Bertz CT molecular complexity index is 280. The van der Waals surface area contributed by atoms with Crippen molar-refractivity contribution in [1.82, 2.24) is 15.3 Å². The van der Waals surface area contributed by atoms with E-state index < -0.39 is 0 Å². The minimum atomic E-state index is 0.618. The van der Waals surface area contributed by atoms with E-state index in [2.05, 4.69) is 22.2 Å². The lowest BCUT2D eigenvalue weighted by atomic mass is 10.00. The van der Waals surface area contributed by atoms with Gasteiger partial charge in [-0.15, -0.1) is 0 Å². The Hall–Kier alpha value is -0.960. The van der Waals surface area contributed by atoms with Crippen molar-refractivity contribution in [1.29, 1.82) is 0 Å². The molecule has 15 heavy (non-hydrogen) atoms. The summed E-state index contributed by atoms with van der Waals surface area (Å²) in [7, 11) is 0. The van der Waals surface area contributed by atoms with Gasteiger partial charge in [0, 0.05) is 30.5 Å². The van der Waals surface area contributed by atoms with Gasteiger partial charge in [0.2, 0.25) is 0 Å². The van der Waals surface area contributed by atoms with Crippen LogP contribution in [0.5, 0.6) is 0 Å². The molecule has 1 fully saturated rings. The van der Waals surface area contributed by atoms with Crippen LogP contribution in [0.4, 0.5) is 0 Å². The highest BCUT2D eigenvalue weighted by atomic mass is 14.9. The zero-order chi connectivity index (χ0) is 10.5. The highest BCUT2D eigenvalue weighted by Gasteiger charge is 2.20. The average Bonchev–Trinajstić information content (AvgIpc) is 2.81. The topological polar surface area (TPSA) is 37.8 Å². The first-order chi connectivity index (χ1) is 7.36. The molecule has 1 aromatic rings. The number of aromatic nitrogens is 2. The largest absolute Gasteiger partial charge is 0.310 e. The van der Waals surface area contributed by atoms with Crippen molar-refractivity contribution in [2.24, 2.45) is 5.92 Å². The van der Waals surface area contributed by atoms with Gasteiger partial charge in [0.05, 0.1) is 0 Å². The van der Waals surface area contributed by atoms with Crippen LogP contribution in [0.2, 0.25) is 0 Å². The van der Waals surface area contributed by atoms with Crippen LogP contribution in [0.15, 0.2) is 18.7 Å². The van der Waals surface area contributed by atoms with E-state index in [1.807, 2.05) is 12.4 Å². The Kier molecular flexibility index (Phi) is 3.67. The van der Waals surface area contributed by atoms with E-state index in [4.69, 9.17) is 0 Å². The molecule has 1 aromatic heterocycles. The molecule has 1 N–H and O–H groups in total. The molecule has 0 saturated heterocycles. The molecular formula is C12H19N3. The number of hydrogen-bond donors (Lipinski definition) is 1. The van der Waals surface area contributed by atoms with E-state index in [1.165, 1.54) is 31.2 Å². The fraction of sp³-hybridized carbons (Fsp3) is 0.667. The van der Waals surface area contributed by atoms with E-state index in [1.54, 1.807) is 6.33 Å². The number of hydrogen-bond acceptors (Lipinski definition) is 3. The lowest BCUT2D eigenvalue weighted by molar-refractivity contribution is 0.380. The molecule has 1 atom stereocenters. The van der Waals surface area contributed by atoms with E-state index in [0.29, 0.717) is 6.04 Å². The summed E-state index contributed by atoms with van der Waals surface area (Å²) >= 11 is 0. The second-order valence-electron chi connectivity index (χ2n) is 4.46. The van der Waals surface area contributed by atoms with E-state index in [9.17, 15) is 0 Å². The Morgan fingerprint density at radius 2 is 2.00 bits per heavy atom. The van der Waals surface area contributed by atoms with Gasteiger partial charge >= 0.3 is 0 Å². The van der Waals surface area contributed by atoms with Crippen LogP contribution in [-0.2, 0) is 6.54 Å². The molecule has 0 spiro atoms. The van der Waals surface area contributed by atoms with Gasteiger partial charge in [0.15, 0.2) is 0 Å². The lowest BCUT2D eigenvalue weighted by Gasteiger charge is -2.20. The van der Waals surface area contributed by atoms with Crippen LogP contribution >= 0.6 is 0 Å². The third-order valence-electron chi connectivity index (χ3n) is 3.35. The Balaban J connectivity index is 1.77. The molecule has 82 valence electrons. The number of nitrogens with zero attached hydrogens (tertiary/aromatic N) is 2. The van der Waals surface area contributed by atoms with Gasteiger partial charge < -0.3 is 5.32 Å². The fourth-order valence-electron chi connectivity index (χ4n) is 2.32. The van der Waals surface area contributed by atoms with Crippen LogP contribution in [0, 0.1) is 5.92 Å². The van der Waals surface area contributed by atoms with Crippen LogP contribution in [-0.4, -0.2) is 16.0 Å². The molecule has 3 heteroatoms. The molecular weight excluding hydrogens is 186 g/mol. The minimum Gasteiger partial charge on any atom is -0.310 e. The normalized spacial score (nSPS) is 19.3. The molecule has 0 aromatic carbocycles. The summed E-state index contributed by atoms with van der Waals surface area (Å²) in [5, 5.41) is 3.56. The smallest absolute Gasteiger partial charge is 0.115 e. The molecule has 1 aliphatic carbocycles. The lowest BCUT2D eigenvalue weighted by Crippen LogP contribution is -2.31. The van der Waals surface area contributed by atoms with Crippen molar-refractivity contribution < 1.29 is 0 Å². The summed E-state index contributed by atoms with van der Waals surface area (Å²) in [6, 6.07) is 0.618. The first-order valence-corrected chi connectivity index (χ1v) is 5.83. The quantitative estimate of drug-likeness (QED) is 0.818. The SMILES string of the molecule is CC(NCc1cncnc1)C1CCCC1. The maximum Gasteiger partial charge on any atom is 0.115 e.